The van der Waals surface area contributed by atoms with E-state index in [-0.39, 0.29) is 16.7 Å². The highest BCUT2D eigenvalue weighted by molar-refractivity contribution is 5.98. The third-order valence-electron chi connectivity index (χ3n) is 2.67. The van der Waals surface area contributed by atoms with Crippen LogP contribution in [0.15, 0.2) is 53.6 Å². The molecule has 0 aliphatic rings. The van der Waals surface area contributed by atoms with E-state index in [0.29, 0.717) is 0 Å². The van der Waals surface area contributed by atoms with Crippen molar-refractivity contribution in [1.82, 2.24) is 5.43 Å². The molecule has 0 spiro atoms. The van der Waals surface area contributed by atoms with E-state index in [1.807, 2.05) is 0 Å². The number of nitrogens with zero attached hydrogens (tertiary/aromatic N) is 1. The number of benzene rings is 2. The van der Waals surface area contributed by atoms with E-state index in [1.165, 1.54) is 30.3 Å². The summed E-state index contributed by atoms with van der Waals surface area (Å²) in [6.45, 7) is 0. The molecule has 0 fully saturated rings. The van der Waals surface area contributed by atoms with Crippen LogP contribution in [0, 0.1) is 5.82 Å². The molecule has 5 nitrogen and oxygen atoms in total. The summed E-state index contributed by atoms with van der Waals surface area (Å²) < 4.78 is 13.4. The predicted molar refractivity (Wildman–Crippen MR) is 72.2 cm³/mol. The normalized spacial score (nSPS) is 10.5. The number of carboxylic acids is 1. The topological polar surface area (TPSA) is 81.6 Å². The number of carbonyl (C=O) groups excluding carboxylic acids is 2. The molecule has 0 aliphatic heterocycles. The first kappa shape index (κ1) is 14.4. The second-order valence-electron chi connectivity index (χ2n) is 4.05. The SMILES string of the molecule is O=C(N/N=C\c1ccccc1C(=O)[O-])c1ccccc1F. The first-order valence-corrected chi connectivity index (χ1v) is 5.98. The average Bonchev–Trinajstić information content (AvgIpc) is 2.48. The van der Waals surface area contributed by atoms with Crippen LogP contribution in [0.3, 0.4) is 0 Å². The van der Waals surface area contributed by atoms with Crippen LogP contribution >= 0.6 is 0 Å². The molecular weight excluding hydrogens is 275 g/mol. The average molecular weight is 285 g/mol. The van der Waals surface area contributed by atoms with Gasteiger partial charge in [-0.15, -0.1) is 0 Å². The number of hydrazone groups is 1. The number of halogens is 1. The monoisotopic (exact) mass is 285 g/mol. The molecule has 0 radical (unpaired) electrons. The number of carbonyl (C=O) groups is 2. The Hall–Kier alpha value is -3.02. The lowest BCUT2D eigenvalue weighted by Gasteiger charge is -2.05. The fraction of sp³-hybridized carbons (Fsp3) is 0. The highest BCUT2D eigenvalue weighted by atomic mass is 19.1. The van der Waals surface area contributed by atoms with Gasteiger partial charge in [-0.1, -0.05) is 36.4 Å². The molecule has 1 amide bonds. The Morgan fingerprint density at radius 2 is 1.67 bits per heavy atom. The lowest BCUT2D eigenvalue weighted by Crippen LogP contribution is -2.24. The van der Waals surface area contributed by atoms with Crippen molar-refractivity contribution in [3.8, 4) is 0 Å². The lowest BCUT2D eigenvalue weighted by atomic mass is 10.1. The van der Waals surface area contributed by atoms with Gasteiger partial charge in [-0.25, -0.2) is 9.82 Å². The van der Waals surface area contributed by atoms with Gasteiger partial charge in [-0.2, -0.15) is 5.10 Å². The molecule has 2 aromatic carbocycles. The minimum absolute atomic E-state index is 0.0543. The molecule has 0 heterocycles. The second-order valence-corrected chi connectivity index (χ2v) is 4.05. The van der Waals surface area contributed by atoms with Crippen molar-refractivity contribution < 1.29 is 19.1 Å². The Morgan fingerprint density at radius 1 is 1.05 bits per heavy atom. The summed E-state index contributed by atoms with van der Waals surface area (Å²) in [7, 11) is 0. The van der Waals surface area contributed by atoms with Gasteiger partial charge in [0.25, 0.3) is 5.91 Å². The van der Waals surface area contributed by atoms with Gasteiger partial charge >= 0.3 is 0 Å². The van der Waals surface area contributed by atoms with Crippen LogP contribution in [-0.2, 0) is 0 Å². The minimum Gasteiger partial charge on any atom is -0.545 e. The zero-order valence-electron chi connectivity index (χ0n) is 10.7. The number of aromatic carboxylic acids is 1. The Morgan fingerprint density at radius 3 is 2.33 bits per heavy atom. The first-order chi connectivity index (χ1) is 10.1. The van der Waals surface area contributed by atoms with Gasteiger partial charge in [-0.05, 0) is 12.1 Å². The minimum atomic E-state index is -1.35. The summed E-state index contributed by atoms with van der Waals surface area (Å²) in [5, 5.41) is 14.5. The van der Waals surface area contributed by atoms with E-state index in [4.69, 9.17) is 0 Å². The maximum Gasteiger partial charge on any atom is 0.274 e. The quantitative estimate of drug-likeness (QED) is 0.671. The molecule has 2 aromatic rings. The fourth-order valence-corrected chi connectivity index (χ4v) is 1.66. The summed E-state index contributed by atoms with van der Waals surface area (Å²) in [6.07, 6.45) is 1.16. The zero-order valence-corrected chi connectivity index (χ0v) is 10.7. The van der Waals surface area contributed by atoms with Crippen molar-refractivity contribution in [3.63, 3.8) is 0 Å². The number of nitrogens with one attached hydrogen (secondary N) is 1. The number of rotatable bonds is 4. The Kier molecular flexibility index (Phi) is 4.40. The number of hydrogen-bond donors (Lipinski definition) is 1. The molecular formula is C15H10FN2O3-. The highest BCUT2D eigenvalue weighted by Gasteiger charge is 2.09. The smallest absolute Gasteiger partial charge is 0.274 e. The van der Waals surface area contributed by atoms with Crippen LogP contribution < -0.4 is 10.5 Å². The molecule has 6 heteroatoms. The molecule has 0 saturated carbocycles. The van der Waals surface area contributed by atoms with Crippen molar-refractivity contribution >= 4 is 18.1 Å². The Balaban J connectivity index is 2.12. The van der Waals surface area contributed by atoms with Gasteiger partial charge in [-0.3, -0.25) is 4.79 Å². The van der Waals surface area contributed by atoms with Crippen molar-refractivity contribution in [1.29, 1.82) is 0 Å². The van der Waals surface area contributed by atoms with Crippen LogP contribution in [0.1, 0.15) is 26.3 Å². The molecule has 106 valence electrons. The molecule has 0 aliphatic carbocycles. The summed E-state index contributed by atoms with van der Waals surface area (Å²) >= 11 is 0. The van der Waals surface area contributed by atoms with Crippen molar-refractivity contribution in [2.24, 2.45) is 5.10 Å². The molecule has 1 N–H and O–H groups in total. The van der Waals surface area contributed by atoms with Crippen molar-refractivity contribution in [3.05, 3.63) is 71.0 Å². The van der Waals surface area contributed by atoms with Crippen LogP contribution in [0.2, 0.25) is 0 Å². The zero-order chi connectivity index (χ0) is 15.2. The van der Waals surface area contributed by atoms with Gasteiger partial charge in [0.2, 0.25) is 0 Å². The Bertz CT molecular complexity index is 714. The lowest BCUT2D eigenvalue weighted by molar-refractivity contribution is -0.255. The highest BCUT2D eigenvalue weighted by Crippen LogP contribution is 2.06. The Labute approximate surface area is 119 Å². The molecule has 0 saturated heterocycles. The molecule has 0 bridgehead atoms. The second kappa shape index (κ2) is 6.42. The molecule has 0 aromatic heterocycles. The van der Waals surface area contributed by atoms with Crippen LogP contribution in [0.25, 0.3) is 0 Å². The van der Waals surface area contributed by atoms with Gasteiger partial charge in [0.15, 0.2) is 0 Å². The standard InChI is InChI=1S/C15H11FN2O3/c16-13-8-4-3-7-12(13)14(19)18-17-9-10-5-1-2-6-11(10)15(20)21/h1-9H,(H,18,19)(H,20,21)/p-1/b17-9-. The van der Waals surface area contributed by atoms with E-state index in [2.05, 4.69) is 10.5 Å². The van der Waals surface area contributed by atoms with E-state index in [1.54, 1.807) is 12.1 Å². The van der Waals surface area contributed by atoms with Gasteiger partial charge in [0.05, 0.1) is 17.7 Å². The van der Waals surface area contributed by atoms with Gasteiger partial charge < -0.3 is 9.90 Å². The van der Waals surface area contributed by atoms with E-state index in [9.17, 15) is 19.1 Å². The summed E-state index contributed by atoms with van der Waals surface area (Å²) in [4.78, 5) is 22.6. The summed E-state index contributed by atoms with van der Waals surface area (Å²) in [5.74, 6) is -2.74. The summed E-state index contributed by atoms with van der Waals surface area (Å²) in [5.41, 5.74) is 2.20. The first-order valence-electron chi connectivity index (χ1n) is 5.98. The van der Waals surface area contributed by atoms with Crippen LogP contribution in [-0.4, -0.2) is 18.1 Å². The fourth-order valence-electron chi connectivity index (χ4n) is 1.66. The van der Waals surface area contributed by atoms with Crippen molar-refractivity contribution in [2.75, 3.05) is 0 Å². The molecule has 0 unspecified atom stereocenters. The number of hydrogen-bond acceptors (Lipinski definition) is 4. The molecule has 21 heavy (non-hydrogen) atoms. The predicted octanol–water partition coefficient (Wildman–Crippen LogP) is 0.953. The largest absolute Gasteiger partial charge is 0.545 e. The van der Waals surface area contributed by atoms with E-state index in [0.717, 1.165) is 12.3 Å². The number of carboxylic acid groups (broad SMARTS) is 1. The maximum absolute atomic E-state index is 13.4. The van der Waals surface area contributed by atoms with Gasteiger partial charge in [0, 0.05) is 11.1 Å². The third kappa shape index (κ3) is 3.50. The van der Waals surface area contributed by atoms with E-state index >= 15 is 0 Å². The van der Waals surface area contributed by atoms with Gasteiger partial charge in [0.1, 0.15) is 5.82 Å². The molecule has 0 atom stereocenters. The number of amides is 1. The third-order valence-corrected chi connectivity index (χ3v) is 2.67. The van der Waals surface area contributed by atoms with Crippen molar-refractivity contribution in [2.45, 2.75) is 0 Å². The molecule has 2 rings (SSSR count). The van der Waals surface area contributed by atoms with Crippen LogP contribution in [0.5, 0.6) is 0 Å². The van der Waals surface area contributed by atoms with Crippen LogP contribution in [0.4, 0.5) is 4.39 Å². The van der Waals surface area contributed by atoms with E-state index < -0.39 is 17.7 Å². The summed E-state index contributed by atoms with van der Waals surface area (Å²) in [6, 6.07) is 11.5. The maximum atomic E-state index is 13.4.